The van der Waals surface area contributed by atoms with Crippen LogP contribution in [0.15, 0.2) is 0 Å². The fourth-order valence-corrected chi connectivity index (χ4v) is 0.591. The predicted molar refractivity (Wildman–Crippen MR) is 41.9 cm³/mol. The van der Waals surface area contributed by atoms with E-state index >= 15 is 0 Å². The molecular formula is C7H11N3O2. The van der Waals surface area contributed by atoms with E-state index in [-0.39, 0.29) is 12.5 Å². The largest absolute Gasteiger partial charge is 0.351 e. The fraction of sp³-hybridized carbons (Fsp3) is 0.571. The molecule has 0 aromatic carbocycles. The maximum atomic E-state index is 10.8. The van der Waals surface area contributed by atoms with Crippen LogP contribution in [0.5, 0.6) is 0 Å². The van der Waals surface area contributed by atoms with E-state index in [4.69, 9.17) is 5.26 Å². The van der Waals surface area contributed by atoms with E-state index in [0.717, 1.165) is 0 Å². The van der Waals surface area contributed by atoms with Crippen LogP contribution in [-0.2, 0) is 9.59 Å². The number of carbonyl (C=O) groups is 2. The Morgan fingerprint density at radius 2 is 2.08 bits per heavy atom. The number of amides is 2. The van der Waals surface area contributed by atoms with Gasteiger partial charge in [0.25, 0.3) is 0 Å². The molecule has 0 aromatic rings. The zero-order valence-corrected chi connectivity index (χ0v) is 7.05. The first-order valence-electron chi connectivity index (χ1n) is 3.51. The van der Waals surface area contributed by atoms with Gasteiger partial charge in [-0.25, -0.2) is 0 Å². The van der Waals surface area contributed by atoms with Gasteiger partial charge < -0.3 is 10.6 Å². The Bertz CT molecular complexity index is 219. The first-order chi connectivity index (χ1) is 5.61. The lowest BCUT2D eigenvalue weighted by Gasteiger charge is -2.08. The summed E-state index contributed by atoms with van der Waals surface area (Å²) in [7, 11) is 1.37. The molecule has 0 spiro atoms. The molecule has 66 valence electrons. The quantitative estimate of drug-likeness (QED) is 0.528. The highest BCUT2D eigenvalue weighted by atomic mass is 16.2. The van der Waals surface area contributed by atoms with Gasteiger partial charge >= 0.3 is 11.8 Å². The minimum atomic E-state index is -0.708. The SMILES string of the molecule is CNC(=O)C(=O)NC(C)CC#N. The standard InChI is InChI=1S/C7H11N3O2/c1-5(3-4-8)10-7(12)6(11)9-2/h5H,3H2,1-2H3,(H,9,11)(H,10,12). The molecular weight excluding hydrogens is 158 g/mol. The van der Waals surface area contributed by atoms with Crippen molar-refractivity contribution in [3.8, 4) is 6.07 Å². The van der Waals surface area contributed by atoms with Crippen LogP contribution >= 0.6 is 0 Å². The van der Waals surface area contributed by atoms with Crippen molar-refractivity contribution in [1.29, 1.82) is 5.26 Å². The van der Waals surface area contributed by atoms with Gasteiger partial charge in [-0.2, -0.15) is 5.26 Å². The van der Waals surface area contributed by atoms with Crippen molar-refractivity contribution in [2.45, 2.75) is 19.4 Å². The number of carbonyl (C=O) groups excluding carboxylic acids is 2. The summed E-state index contributed by atoms with van der Waals surface area (Å²) in [5.41, 5.74) is 0. The van der Waals surface area contributed by atoms with Gasteiger partial charge in [-0.1, -0.05) is 0 Å². The summed E-state index contributed by atoms with van der Waals surface area (Å²) in [5, 5.41) is 12.8. The van der Waals surface area contributed by atoms with E-state index in [9.17, 15) is 9.59 Å². The van der Waals surface area contributed by atoms with Gasteiger partial charge in [0.05, 0.1) is 12.5 Å². The molecule has 0 bridgehead atoms. The first-order valence-corrected chi connectivity index (χ1v) is 3.51. The molecule has 12 heavy (non-hydrogen) atoms. The van der Waals surface area contributed by atoms with Crippen LogP contribution in [0.2, 0.25) is 0 Å². The van der Waals surface area contributed by atoms with E-state index in [1.807, 2.05) is 6.07 Å². The topological polar surface area (TPSA) is 82.0 Å². The summed E-state index contributed by atoms with van der Waals surface area (Å²) in [6, 6.07) is 1.59. The second kappa shape index (κ2) is 5.13. The van der Waals surface area contributed by atoms with Crippen LogP contribution in [0.4, 0.5) is 0 Å². The Hall–Kier alpha value is -1.57. The summed E-state index contributed by atoms with van der Waals surface area (Å²) >= 11 is 0. The van der Waals surface area contributed by atoms with E-state index in [1.54, 1.807) is 6.92 Å². The fourth-order valence-electron chi connectivity index (χ4n) is 0.591. The molecule has 0 radical (unpaired) electrons. The molecule has 5 heteroatoms. The maximum absolute atomic E-state index is 10.8. The third-order valence-electron chi connectivity index (χ3n) is 1.21. The van der Waals surface area contributed by atoms with Crippen LogP contribution in [-0.4, -0.2) is 24.9 Å². The average molecular weight is 169 g/mol. The summed E-state index contributed by atoms with van der Waals surface area (Å²) in [4.78, 5) is 21.5. The molecule has 2 N–H and O–H groups in total. The van der Waals surface area contributed by atoms with Gasteiger partial charge in [0.1, 0.15) is 0 Å². The number of likely N-dealkylation sites (N-methyl/N-ethyl adjacent to an activating group) is 1. The van der Waals surface area contributed by atoms with E-state index in [2.05, 4.69) is 10.6 Å². The minimum absolute atomic E-state index is 0.197. The molecule has 0 aliphatic carbocycles. The molecule has 0 saturated carbocycles. The van der Waals surface area contributed by atoms with Gasteiger partial charge in [-0.3, -0.25) is 9.59 Å². The molecule has 0 aromatic heterocycles. The Labute approximate surface area is 70.7 Å². The number of hydrogen-bond donors (Lipinski definition) is 2. The van der Waals surface area contributed by atoms with Crippen LogP contribution in [0.25, 0.3) is 0 Å². The van der Waals surface area contributed by atoms with E-state index in [0.29, 0.717) is 0 Å². The Morgan fingerprint density at radius 3 is 2.50 bits per heavy atom. The lowest BCUT2D eigenvalue weighted by atomic mass is 10.2. The molecule has 0 heterocycles. The molecule has 0 aliphatic heterocycles. The van der Waals surface area contributed by atoms with Crippen LogP contribution in [0, 0.1) is 11.3 Å². The Morgan fingerprint density at radius 1 is 1.50 bits per heavy atom. The third-order valence-corrected chi connectivity index (χ3v) is 1.21. The van der Waals surface area contributed by atoms with Crippen molar-refractivity contribution >= 4 is 11.8 Å². The molecule has 5 nitrogen and oxygen atoms in total. The number of hydrogen-bond acceptors (Lipinski definition) is 3. The van der Waals surface area contributed by atoms with E-state index < -0.39 is 11.8 Å². The zero-order valence-electron chi connectivity index (χ0n) is 7.05. The lowest BCUT2D eigenvalue weighted by molar-refractivity contribution is -0.139. The highest BCUT2D eigenvalue weighted by molar-refractivity contribution is 6.35. The van der Waals surface area contributed by atoms with Crippen molar-refractivity contribution in [3.63, 3.8) is 0 Å². The van der Waals surface area contributed by atoms with Gasteiger partial charge in [0.15, 0.2) is 0 Å². The molecule has 0 saturated heterocycles. The van der Waals surface area contributed by atoms with E-state index in [1.165, 1.54) is 7.05 Å². The maximum Gasteiger partial charge on any atom is 0.309 e. The summed E-state index contributed by atoms with van der Waals surface area (Å²) in [6.45, 7) is 1.66. The van der Waals surface area contributed by atoms with Gasteiger partial charge in [0, 0.05) is 13.1 Å². The van der Waals surface area contributed by atoms with Crippen molar-refractivity contribution in [1.82, 2.24) is 10.6 Å². The average Bonchev–Trinajstić information content (AvgIpc) is 2.03. The molecule has 2 amide bonds. The van der Waals surface area contributed by atoms with Crippen molar-refractivity contribution < 1.29 is 9.59 Å². The number of nitriles is 1. The summed E-state index contributed by atoms with van der Waals surface area (Å²) < 4.78 is 0. The lowest BCUT2D eigenvalue weighted by Crippen LogP contribution is -2.42. The van der Waals surface area contributed by atoms with Crippen LogP contribution < -0.4 is 10.6 Å². The van der Waals surface area contributed by atoms with Crippen molar-refractivity contribution in [3.05, 3.63) is 0 Å². The van der Waals surface area contributed by atoms with Gasteiger partial charge in [-0.05, 0) is 6.92 Å². The highest BCUT2D eigenvalue weighted by Gasteiger charge is 2.13. The van der Waals surface area contributed by atoms with Crippen LogP contribution in [0.1, 0.15) is 13.3 Å². The second-order valence-electron chi connectivity index (χ2n) is 2.32. The molecule has 0 rings (SSSR count). The second-order valence-corrected chi connectivity index (χ2v) is 2.32. The Balaban J connectivity index is 3.85. The number of nitrogens with zero attached hydrogens (tertiary/aromatic N) is 1. The summed E-state index contributed by atoms with van der Waals surface area (Å²) in [6.07, 6.45) is 0.197. The van der Waals surface area contributed by atoms with Crippen LogP contribution in [0.3, 0.4) is 0 Å². The van der Waals surface area contributed by atoms with Crippen molar-refractivity contribution in [2.75, 3.05) is 7.05 Å². The smallest absolute Gasteiger partial charge is 0.309 e. The molecule has 0 fully saturated rings. The minimum Gasteiger partial charge on any atom is -0.351 e. The Kier molecular flexibility index (Phi) is 4.46. The molecule has 1 atom stereocenters. The number of rotatable bonds is 2. The number of nitrogens with one attached hydrogen (secondary N) is 2. The monoisotopic (exact) mass is 169 g/mol. The normalized spacial score (nSPS) is 11.1. The zero-order chi connectivity index (χ0) is 9.56. The predicted octanol–water partition coefficient (Wildman–Crippen LogP) is -0.849. The van der Waals surface area contributed by atoms with Crippen molar-refractivity contribution in [2.24, 2.45) is 0 Å². The van der Waals surface area contributed by atoms with Gasteiger partial charge in [0.2, 0.25) is 0 Å². The highest BCUT2D eigenvalue weighted by Crippen LogP contribution is 1.86. The third kappa shape index (κ3) is 3.56. The first kappa shape index (κ1) is 10.4. The molecule has 0 aliphatic rings. The molecule has 1 unspecified atom stereocenters. The van der Waals surface area contributed by atoms with Gasteiger partial charge in [-0.15, -0.1) is 0 Å². The summed E-state index contributed by atoms with van der Waals surface area (Å²) in [5.74, 6) is -1.40.